The van der Waals surface area contributed by atoms with Gasteiger partial charge in [-0.3, -0.25) is 14.7 Å². The highest BCUT2D eigenvalue weighted by atomic mass is 19.4. The normalized spacial score (nSPS) is 15.6. The number of carbonyl (C=O) groups is 1. The van der Waals surface area contributed by atoms with E-state index in [0.29, 0.717) is 24.3 Å². The van der Waals surface area contributed by atoms with Gasteiger partial charge in [-0.1, -0.05) is 0 Å². The van der Waals surface area contributed by atoms with E-state index in [9.17, 15) is 58.3 Å². The van der Waals surface area contributed by atoms with Crippen molar-refractivity contribution in [3.8, 4) is 0 Å². The first-order valence-corrected chi connectivity index (χ1v) is 6.62. The van der Waals surface area contributed by atoms with Gasteiger partial charge in [-0.25, -0.2) is 0 Å². The van der Waals surface area contributed by atoms with E-state index >= 15 is 0 Å². The van der Waals surface area contributed by atoms with E-state index in [2.05, 4.69) is 4.74 Å². The smallest absolute Gasteiger partial charge is 0.462 e. The minimum Gasteiger partial charge on any atom is -0.733 e. The number of hydrogen-bond acceptors (Lipinski definition) is 5. The first-order valence-electron chi connectivity index (χ1n) is 6.62. The van der Waals surface area contributed by atoms with Crippen LogP contribution < -0.4 is 10.5 Å². The molecule has 0 fully saturated rings. The molecule has 0 aliphatic rings. The first kappa shape index (κ1) is 24.6. The molecule has 0 aliphatic heterocycles. The fourth-order valence-corrected chi connectivity index (χ4v) is 1.52. The van der Waals surface area contributed by atoms with E-state index in [-0.39, 0.29) is 0 Å². The summed E-state index contributed by atoms with van der Waals surface area (Å²) in [6.45, 7) is 0. The van der Waals surface area contributed by atoms with Gasteiger partial charge in [0.05, 0.1) is 5.69 Å². The maximum Gasteiger partial charge on any atom is 0.462 e. The lowest BCUT2D eigenvalue weighted by atomic mass is 10.2. The summed E-state index contributed by atoms with van der Waals surface area (Å²) in [5.41, 5.74) is -1.45. The van der Waals surface area contributed by atoms with E-state index in [1.165, 1.54) is 0 Å². The monoisotopic (exact) mass is 451 g/mol. The number of halogens is 11. The average Bonchev–Trinajstić information content (AvgIpc) is 2.52. The molecule has 17 heteroatoms. The lowest BCUT2D eigenvalue weighted by molar-refractivity contribution is -0.472. The van der Waals surface area contributed by atoms with Crippen LogP contribution in [0.25, 0.3) is 0 Å². The van der Waals surface area contributed by atoms with E-state index in [1.807, 2.05) is 0 Å². The molecule has 0 radical (unpaired) electrons. The van der Waals surface area contributed by atoms with E-state index in [0.717, 1.165) is 5.32 Å². The van der Waals surface area contributed by atoms with Gasteiger partial charge in [0.25, 0.3) is 5.91 Å². The van der Waals surface area contributed by atoms with E-state index in [4.69, 9.17) is 5.21 Å². The van der Waals surface area contributed by atoms with Crippen LogP contribution in [0.1, 0.15) is 0 Å². The van der Waals surface area contributed by atoms with Gasteiger partial charge < -0.3 is 15.8 Å². The van der Waals surface area contributed by atoms with Crippen molar-refractivity contribution in [3.05, 3.63) is 29.5 Å². The molecule has 0 saturated carbocycles. The highest BCUT2D eigenvalue weighted by Gasteiger charge is 2.79. The number of nitrogens with one attached hydrogen (secondary N) is 1. The summed E-state index contributed by atoms with van der Waals surface area (Å²) in [5, 5.41) is 19.2. The fourth-order valence-electron chi connectivity index (χ4n) is 1.52. The Kier molecular flexibility index (Phi) is 6.33. The molecule has 0 saturated heterocycles. The molecule has 0 aliphatic carbocycles. The Hall–Kier alpha value is -2.40. The van der Waals surface area contributed by atoms with Crippen molar-refractivity contribution in [2.75, 3.05) is 10.5 Å². The Balaban J connectivity index is 3.25. The van der Waals surface area contributed by atoms with Gasteiger partial charge in [0.1, 0.15) is 0 Å². The predicted octanol–water partition coefficient (Wildman–Crippen LogP) is 4.35. The van der Waals surface area contributed by atoms with Crippen LogP contribution >= 0.6 is 0 Å². The Morgan fingerprint density at radius 3 is 1.69 bits per heavy atom. The summed E-state index contributed by atoms with van der Waals surface area (Å²) in [6, 6.07) is 2.27. The molecule has 1 aromatic rings. The molecule has 6 nitrogen and oxygen atoms in total. The van der Waals surface area contributed by atoms with Crippen LogP contribution in [0, 0.1) is 5.21 Å². The number of benzene rings is 1. The number of amides is 1. The molecule has 1 atom stereocenters. The standard InChI is InChI=1S/C12H6F11N2O4/c13-8(10(16,17)18,29-12(22,23)9(14,15)11(19,20)21)7(26)24-5-1-3-6(4-2-5)25(27)28/h1-4,27H,(H,24,26)/q-1/t8-/m1/s1. The fraction of sp³-hybridized carbons (Fsp3) is 0.417. The highest BCUT2D eigenvalue weighted by Crippen LogP contribution is 2.51. The van der Waals surface area contributed by atoms with E-state index in [1.54, 1.807) is 0 Å². The molecule has 2 N–H and O–H groups in total. The Morgan fingerprint density at radius 1 is 0.897 bits per heavy atom. The molecule has 0 aromatic heterocycles. The zero-order valence-electron chi connectivity index (χ0n) is 13.1. The molecule has 0 unspecified atom stereocenters. The number of carbonyl (C=O) groups excluding carboxylic acids is 1. The second-order valence-corrected chi connectivity index (χ2v) is 5.06. The molecule has 0 spiro atoms. The van der Waals surface area contributed by atoms with Crippen molar-refractivity contribution < 1.29 is 63.0 Å². The topological polar surface area (TPSA) is 84.9 Å². The van der Waals surface area contributed by atoms with Crippen LogP contribution in [0.3, 0.4) is 0 Å². The van der Waals surface area contributed by atoms with Gasteiger partial charge in [0.2, 0.25) is 0 Å². The quantitative estimate of drug-likeness (QED) is 0.496. The zero-order valence-corrected chi connectivity index (χ0v) is 13.1. The molecule has 1 rings (SSSR count). The summed E-state index contributed by atoms with van der Waals surface area (Å²) < 4.78 is 142. The van der Waals surface area contributed by atoms with Crippen molar-refractivity contribution in [2.24, 2.45) is 0 Å². The average molecular weight is 451 g/mol. The third kappa shape index (κ3) is 4.78. The molecule has 166 valence electrons. The summed E-state index contributed by atoms with van der Waals surface area (Å²) in [7, 11) is 0. The van der Waals surface area contributed by atoms with Crippen molar-refractivity contribution >= 4 is 17.3 Å². The van der Waals surface area contributed by atoms with Crippen molar-refractivity contribution in [1.29, 1.82) is 0 Å². The van der Waals surface area contributed by atoms with Crippen LogP contribution in [-0.2, 0) is 9.53 Å². The van der Waals surface area contributed by atoms with E-state index < -0.39 is 52.7 Å². The second kappa shape index (κ2) is 7.45. The highest BCUT2D eigenvalue weighted by molar-refractivity contribution is 5.97. The SMILES string of the molecule is O=C(Nc1ccc(N([O-])O)cc1)[C@@](F)(OC(F)(F)C(F)(F)C(F)(F)F)C(F)(F)F. The minimum absolute atomic E-state index is 0.521. The van der Waals surface area contributed by atoms with Gasteiger partial charge in [-0.15, -0.1) is 0 Å². The molecular weight excluding hydrogens is 445 g/mol. The lowest BCUT2D eigenvalue weighted by Gasteiger charge is -2.34. The summed E-state index contributed by atoms with van der Waals surface area (Å²) in [4.78, 5) is 11.4. The van der Waals surface area contributed by atoms with Gasteiger partial charge in [0, 0.05) is 5.69 Å². The van der Waals surface area contributed by atoms with Crippen LogP contribution in [-0.4, -0.2) is 41.4 Å². The summed E-state index contributed by atoms with van der Waals surface area (Å²) >= 11 is 0. The van der Waals surface area contributed by atoms with Crippen molar-refractivity contribution in [3.63, 3.8) is 0 Å². The lowest BCUT2D eigenvalue weighted by Crippen LogP contribution is -2.62. The molecular formula is C12H6F11N2O4-. The Bertz CT molecular complexity index is 733. The predicted molar refractivity (Wildman–Crippen MR) is 69.6 cm³/mol. The second-order valence-electron chi connectivity index (χ2n) is 5.06. The van der Waals surface area contributed by atoms with Gasteiger partial charge >= 0.3 is 30.2 Å². The van der Waals surface area contributed by atoms with Gasteiger partial charge in [0.15, 0.2) is 0 Å². The Labute approximate surface area is 152 Å². The van der Waals surface area contributed by atoms with Crippen LogP contribution in [0.15, 0.2) is 24.3 Å². The minimum atomic E-state index is -7.30. The Morgan fingerprint density at radius 2 is 1.34 bits per heavy atom. The molecule has 1 amide bonds. The number of rotatable bonds is 6. The number of nitrogens with zero attached hydrogens (tertiary/aromatic N) is 1. The molecule has 29 heavy (non-hydrogen) atoms. The van der Waals surface area contributed by atoms with Crippen molar-refractivity contribution in [2.45, 2.75) is 30.2 Å². The van der Waals surface area contributed by atoms with Crippen LogP contribution in [0.2, 0.25) is 0 Å². The molecule has 0 bridgehead atoms. The van der Waals surface area contributed by atoms with Gasteiger partial charge in [-0.2, -0.15) is 48.3 Å². The number of hydrogen-bond donors (Lipinski definition) is 2. The van der Waals surface area contributed by atoms with Crippen molar-refractivity contribution in [1.82, 2.24) is 0 Å². The summed E-state index contributed by atoms with van der Waals surface area (Å²) in [5.74, 6) is -16.9. The number of anilines is 2. The zero-order chi connectivity index (χ0) is 23.1. The third-order valence-electron chi connectivity index (χ3n) is 2.99. The maximum absolute atomic E-state index is 14.0. The number of alkyl halides is 11. The largest absolute Gasteiger partial charge is 0.733 e. The molecule has 1 aromatic carbocycles. The first-order chi connectivity index (χ1) is 12.8. The summed E-state index contributed by atoms with van der Waals surface area (Å²) in [6.07, 6.45) is -21.2. The van der Waals surface area contributed by atoms with Crippen LogP contribution in [0.4, 0.5) is 59.7 Å². The van der Waals surface area contributed by atoms with Gasteiger partial charge in [-0.05, 0) is 24.3 Å². The third-order valence-corrected chi connectivity index (χ3v) is 2.99. The number of ether oxygens (including phenoxy) is 1. The maximum atomic E-state index is 14.0. The molecule has 0 heterocycles. The van der Waals surface area contributed by atoms with Crippen LogP contribution in [0.5, 0.6) is 0 Å².